The van der Waals surface area contributed by atoms with Crippen LogP contribution in [0.15, 0.2) is 42.5 Å². The fourth-order valence-corrected chi connectivity index (χ4v) is 3.05. The quantitative estimate of drug-likeness (QED) is 0.613. The molecule has 1 aliphatic rings. The van der Waals surface area contributed by atoms with Gasteiger partial charge in [0.2, 0.25) is 5.91 Å². The minimum absolute atomic E-state index is 0.109. The monoisotopic (exact) mass is 371 g/mol. The van der Waals surface area contributed by atoms with Gasteiger partial charge >= 0.3 is 0 Å². The zero-order chi connectivity index (χ0) is 19.7. The van der Waals surface area contributed by atoms with Gasteiger partial charge in [-0.2, -0.15) is 0 Å². The minimum Gasteiger partial charge on any atom is -0.325 e. The van der Waals surface area contributed by atoms with Crippen molar-refractivity contribution in [1.82, 2.24) is 4.90 Å². The Labute approximate surface area is 155 Å². The fourth-order valence-electron chi connectivity index (χ4n) is 3.05. The van der Waals surface area contributed by atoms with Gasteiger partial charge in [0.1, 0.15) is 11.9 Å². The number of non-ortho nitro benzene ring substituents is 1. The Morgan fingerprint density at radius 3 is 2.44 bits per heavy atom. The first kappa shape index (κ1) is 18.5. The number of nitro benzene ring substituents is 1. The maximum absolute atomic E-state index is 13.8. The van der Waals surface area contributed by atoms with E-state index in [4.69, 9.17) is 0 Å². The Bertz CT molecular complexity index is 914. The van der Waals surface area contributed by atoms with Crippen LogP contribution in [0, 0.1) is 22.9 Å². The van der Waals surface area contributed by atoms with Gasteiger partial charge in [-0.1, -0.05) is 6.07 Å². The number of benzene rings is 2. The third kappa shape index (κ3) is 3.51. The van der Waals surface area contributed by atoms with Crippen LogP contribution in [-0.2, 0) is 4.79 Å². The Kier molecular flexibility index (Phi) is 4.89. The molecule has 8 heteroatoms. The average molecular weight is 371 g/mol. The summed E-state index contributed by atoms with van der Waals surface area (Å²) in [6, 6.07) is 9.13. The highest BCUT2D eigenvalue weighted by Crippen LogP contribution is 2.24. The van der Waals surface area contributed by atoms with Gasteiger partial charge in [-0.15, -0.1) is 0 Å². The van der Waals surface area contributed by atoms with Crippen molar-refractivity contribution in [3.63, 3.8) is 0 Å². The summed E-state index contributed by atoms with van der Waals surface area (Å²) in [5, 5.41) is 10.7. The van der Waals surface area contributed by atoms with E-state index in [0.29, 0.717) is 11.3 Å². The number of piperazine rings is 1. The largest absolute Gasteiger partial charge is 0.325 e. The number of hydrogen-bond donors (Lipinski definition) is 0. The standard InChI is InChI=1S/C19H18FN3O4/c1-12-3-6-16(11-17(12)20)22-10-9-21(13(2)18(22)24)19(25)14-4-7-15(8-5-14)23(26)27/h3-8,11,13H,9-10H2,1-2H3/t13-/m0/s1. The highest BCUT2D eigenvalue weighted by Gasteiger charge is 2.35. The number of carbonyl (C=O) groups is 2. The van der Waals surface area contributed by atoms with Crippen LogP contribution < -0.4 is 4.90 Å². The van der Waals surface area contributed by atoms with Crippen molar-refractivity contribution < 1.29 is 18.9 Å². The molecule has 1 heterocycles. The fraction of sp³-hybridized carbons (Fsp3) is 0.263. The summed E-state index contributed by atoms with van der Waals surface area (Å²) < 4.78 is 13.8. The molecule has 0 bridgehead atoms. The van der Waals surface area contributed by atoms with Gasteiger partial charge in [0.05, 0.1) is 4.92 Å². The summed E-state index contributed by atoms with van der Waals surface area (Å²) in [4.78, 5) is 38.5. The molecule has 0 N–H and O–H groups in total. The van der Waals surface area contributed by atoms with Crippen LogP contribution >= 0.6 is 0 Å². The van der Waals surface area contributed by atoms with E-state index in [-0.39, 0.29) is 36.2 Å². The maximum atomic E-state index is 13.8. The predicted octanol–water partition coefficient (Wildman–Crippen LogP) is 2.92. The molecular formula is C19H18FN3O4. The number of aryl methyl sites for hydroxylation is 1. The third-order valence-electron chi connectivity index (χ3n) is 4.71. The van der Waals surface area contributed by atoms with E-state index in [9.17, 15) is 24.1 Å². The third-order valence-corrected chi connectivity index (χ3v) is 4.71. The summed E-state index contributed by atoms with van der Waals surface area (Å²) in [5.74, 6) is -1.07. The lowest BCUT2D eigenvalue weighted by atomic mass is 10.1. The molecule has 1 atom stereocenters. The van der Waals surface area contributed by atoms with Gasteiger partial charge in [-0.25, -0.2) is 4.39 Å². The smallest absolute Gasteiger partial charge is 0.269 e. The number of halogens is 1. The van der Waals surface area contributed by atoms with E-state index in [1.807, 2.05) is 0 Å². The Hall–Kier alpha value is -3.29. The highest BCUT2D eigenvalue weighted by atomic mass is 19.1. The molecule has 0 saturated carbocycles. The minimum atomic E-state index is -0.731. The Balaban J connectivity index is 1.78. The van der Waals surface area contributed by atoms with Crippen LogP contribution in [0.5, 0.6) is 0 Å². The molecule has 1 saturated heterocycles. The summed E-state index contributed by atoms with van der Waals surface area (Å²) in [5.41, 5.74) is 1.11. The lowest BCUT2D eigenvalue weighted by Crippen LogP contribution is -2.57. The summed E-state index contributed by atoms with van der Waals surface area (Å²) in [7, 11) is 0. The number of hydrogen-bond acceptors (Lipinski definition) is 4. The first-order chi connectivity index (χ1) is 12.8. The molecule has 0 radical (unpaired) electrons. The van der Waals surface area contributed by atoms with Crippen molar-refractivity contribution in [1.29, 1.82) is 0 Å². The zero-order valence-electron chi connectivity index (χ0n) is 14.9. The second-order valence-corrected chi connectivity index (χ2v) is 6.40. The van der Waals surface area contributed by atoms with E-state index >= 15 is 0 Å². The SMILES string of the molecule is Cc1ccc(N2CCN(C(=O)c3ccc([N+](=O)[O-])cc3)[C@@H](C)C2=O)cc1F. The van der Waals surface area contributed by atoms with Crippen molar-refractivity contribution in [2.45, 2.75) is 19.9 Å². The topological polar surface area (TPSA) is 83.8 Å². The van der Waals surface area contributed by atoms with Crippen LogP contribution in [0.25, 0.3) is 0 Å². The molecule has 0 aromatic heterocycles. The van der Waals surface area contributed by atoms with E-state index in [0.717, 1.165) is 0 Å². The van der Waals surface area contributed by atoms with E-state index in [1.165, 1.54) is 40.1 Å². The van der Waals surface area contributed by atoms with Gasteiger partial charge in [-0.3, -0.25) is 19.7 Å². The van der Waals surface area contributed by atoms with Crippen LogP contribution in [0.1, 0.15) is 22.8 Å². The number of nitro groups is 1. The summed E-state index contributed by atoms with van der Waals surface area (Å²) in [6.07, 6.45) is 0. The van der Waals surface area contributed by atoms with Crippen LogP contribution in [0.3, 0.4) is 0 Å². The molecule has 0 aliphatic carbocycles. The average Bonchev–Trinajstić information content (AvgIpc) is 2.66. The van der Waals surface area contributed by atoms with Crippen molar-refractivity contribution in [2.24, 2.45) is 0 Å². The molecule has 1 fully saturated rings. The Morgan fingerprint density at radius 2 is 1.85 bits per heavy atom. The molecule has 0 unspecified atom stereocenters. The second kappa shape index (κ2) is 7.14. The second-order valence-electron chi connectivity index (χ2n) is 6.40. The molecule has 0 spiro atoms. The molecule has 140 valence electrons. The number of carbonyl (C=O) groups excluding carboxylic acids is 2. The first-order valence-electron chi connectivity index (χ1n) is 8.42. The number of amides is 2. The van der Waals surface area contributed by atoms with Gasteiger partial charge in [0, 0.05) is 36.5 Å². The van der Waals surface area contributed by atoms with Gasteiger partial charge in [0.15, 0.2) is 0 Å². The molecular weight excluding hydrogens is 353 g/mol. The molecule has 27 heavy (non-hydrogen) atoms. The molecule has 3 rings (SSSR count). The lowest BCUT2D eigenvalue weighted by molar-refractivity contribution is -0.384. The zero-order valence-corrected chi connectivity index (χ0v) is 14.9. The summed E-state index contributed by atoms with van der Waals surface area (Å²) >= 11 is 0. The van der Waals surface area contributed by atoms with Crippen molar-refractivity contribution in [2.75, 3.05) is 18.0 Å². The van der Waals surface area contributed by atoms with Crippen molar-refractivity contribution in [3.05, 3.63) is 69.5 Å². The van der Waals surface area contributed by atoms with Crippen LogP contribution in [-0.4, -0.2) is 40.8 Å². The van der Waals surface area contributed by atoms with E-state index in [2.05, 4.69) is 0 Å². The normalized spacial score (nSPS) is 17.1. The molecule has 1 aliphatic heterocycles. The predicted molar refractivity (Wildman–Crippen MR) is 97.1 cm³/mol. The Morgan fingerprint density at radius 1 is 1.19 bits per heavy atom. The van der Waals surface area contributed by atoms with Crippen molar-refractivity contribution in [3.8, 4) is 0 Å². The maximum Gasteiger partial charge on any atom is 0.269 e. The van der Waals surface area contributed by atoms with Crippen LogP contribution in [0.2, 0.25) is 0 Å². The van der Waals surface area contributed by atoms with Gasteiger partial charge in [0.25, 0.3) is 11.6 Å². The van der Waals surface area contributed by atoms with Gasteiger partial charge in [-0.05, 0) is 43.7 Å². The van der Waals surface area contributed by atoms with Crippen molar-refractivity contribution >= 4 is 23.2 Å². The first-order valence-corrected chi connectivity index (χ1v) is 8.42. The highest BCUT2D eigenvalue weighted by molar-refractivity contribution is 6.03. The molecule has 2 amide bonds. The number of anilines is 1. The summed E-state index contributed by atoms with van der Waals surface area (Å²) in [6.45, 7) is 3.77. The molecule has 7 nitrogen and oxygen atoms in total. The lowest BCUT2D eigenvalue weighted by Gasteiger charge is -2.39. The van der Waals surface area contributed by atoms with Crippen LogP contribution in [0.4, 0.5) is 15.8 Å². The number of nitrogens with zero attached hydrogens (tertiary/aromatic N) is 3. The van der Waals surface area contributed by atoms with Gasteiger partial charge < -0.3 is 9.80 Å². The van der Waals surface area contributed by atoms with E-state index in [1.54, 1.807) is 26.0 Å². The van der Waals surface area contributed by atoms with E-state index < -0.39 is 16.8 Å². The molecule has 2 aromatic carbocycles. The number of rotatable bonds is 3. The molecule has 2 aromatic rings.